The van der Waals surface area contributed by atoms with E-state index in [1.165, 1.54) is 7.11 Å². The molecule has 0 unspecified atom stereocenters. The Hall–Kier alpha value is -1.09. The minimum atomic E-state index is -0.287. The van der Waals surface area contributed by atoms with Gasteiger partial charge in [0.15, 0.2) is 11.6 Å². The highest BCUT2D eigenvalue weighted by Gasteiger charge is 2.24. The Morgan fingerprint density at radius 1 is 1.54 bits per heavy atom. The lowest BCUT2D eigenvalue weighted by Crippen LogP contribution is -2.08. The number of rotatable bonds is 1. The van der Waals surface area contributed by atoms with Gasteiger partial charge in [-0.2, -0.15) is 0 Å². The molecule has 0 fully saturated rings. The SMILES string of the molecule is COc1ccc2c(c1F)[C@H](N)CC2. The van der Waals surface area contributed by atoms with Crippen LogP contribution < -0.4 is 10.5 Å². The van der Waals surface area contributed by atoms with Crippen molar-refractivity contribution in [1.82, 2.24) is 0 Å². The summed E-state index contributed by atoms with van der Waals surface area (Å²) in [4.78, 5) is 0. The van der Waals surface area contributed by atoms with Gasteiger partial charge in [0.1, 0.15) is 0 Å². The minimum absolute atomic E-state index is 0.162. The Morgan fingerprint density at radius 3 is 3.00 bits per heavy atom. The first-order chi connectivity index (χ1) is 6.24. The van der Waals surface area contributed by atoms with Gasteiger partial charge in [-0.1, -0.05) is 6.07 Å². The molecule has 2 N–H and O–H groups in total. The summed E-state index contributed by atoms with van der Waals surface area (Å²) in [5.41, 5.74) is 7.43. The fourth-order valence-corrected chi connectivity index (χ4v) is 1.84. The molecule has 70 valence electrons. The van der Waals surface area contributed by atoms with Crippen LogP contribution in [-0.2, 0) is 6.42 Å². The van der Waals surface area contributed by atoms with E-state index >= 15 is 0 Å². The smallest absolute Gasteiger partial charge is 0.170 e. The number of nitrogens with two attached hydrogens (primary N) is 1. The van der Waals surface area contributed by atoms with Crippen LogP contribution in [0, 0.1) is 5.82 Å². The van der Waals surface area contributed by atoms with Gasteiger partial charge in [-0.15, -0.1) is 0 Å². The number of aryl methyl sites for hydroxylation is 1. The Kier molecular flexibility index (Phi) is 1.96. The molecular formula is C10H12FNO. The van der Waals surface area contributed by atoms with Crippen molar-refractivity contribution in [3.05, 3.63) is 29.1 Å². The molecule has 1 aromatic carbocycles. The summed E-state index contributed by atoms with van der Waals surface area (Å²) in [5.74, 6) is 0.00102. The number of methoxy groups -OCH3 is 1. The van der Waals surface area contributed by atoms with Crippen LogP contribution in [0.25, 0.3) is 0 Å². The van der Waals surface area contributed by atoms with E-state index in [1.54, 1.807) is 6.07 Å². The normalized spacial score (nSPS) is 20.1. The van der Waals surface area contributed by atoms with Gasteiger partial charge >= 0.3 is 0 Å². The molecule has 0 aliphatic heterocycles. The highest BCUT2D eigenvalue weighted by atomic mass is 19.1. The zero-order chi connectivity index (χ0) is 9.42. The molecule has 2 rings (SSSR count). The topological polar surface area (TPSA) is 35.2 Å². The molecule has 1 aliphatic rings. The summed E-state index contributed by atoms with van der Waals surface area (Å²) >= 11 is 0. The van der Waals surface area contributed by atoms with Gasteiger partial charge in [0, 0.05) is 11.6 Å². The van der Waals surface area contributed by atoms with Gasteiger partial charge in [-0.3, -0.25) is 0 Å². The Labute approximate surface area is 76.5 Å². The molecule has 3 heteroatoms. The molecule has 13 heavy (non-hydrogen) atoms. The summed E-state index contributed by atoms with van der Waals surface area (Å²) in [6.07, 6.45) is 1.71. The molecule has 1 atom stereocenters. The van der Waals surface area contributed by atoms with Crippen LogP contribution in [0.15, 0.2) is 12.1 Å². The number of ether oxygens (including phenoxy) is 1. The second-order valence-corrected chi connectivity index (χ2v) is 3.30. The van der Waals surface area contributed by atoms with E-state index in [9.17, 15) is 4.39 Å². The van der Waals surface area contributed by atoms with Crippen LogP contribution in [0.3, 0.4) is 0 Å². The summed E-state index contributed by atoms with van der Waals surface area (Å²) < 4.78 is 18.5. The predicted octanol–water partition coefficient (Wildman–Crippen LogP) is 1.78. The molecule has 0 aromatic heterocycles. The standard InChI is InChI=1S/C10H12FNO/c1-13-8-5-3-6-2-4-7(12)9(6)10(8)11/h3,5,7H,2,4,12H2,1H3/t7-/m1/s1. The molecule has 0 saturated heterocycles. The second kappa shape index (κ2) is 3.00. The molecule has 0 heterocycles. The molecule has 0 saturated carbocycles. The van der Waals surface area contributed by atoms with Gasteiger partial charge in [-0.05, 0) is 24.5 Å². The average Bonchev–Trinajstić information content (AvgIpc) is 2.49. The van der Waals surface area contributed by atoms with Crippen molar-refractivity contribution in [2.75, 3.05) is 7.11 Å². The predicted molar refractivity (Wildman–Crippen MR) is 48.2 cm³/mol. The fraction of sp³-hybridized carbons (Fsp3) is 0.400. The number of fused-ring (bicyclic) bond motifs is 1. The van der Waals surface area contributed by atoms with E-state index in [0.717, 1.165) is 18.4 Å². The average molecular weight is 181 g/mol. The molecule has 0 bridgehead atoms. The number of halogens is 1. The summed E-state index contributed by atoms with van der Waals surface area (Å²) in [6, 6.07) is 3.39. The van der Waals surface area contributed by atoms with Crippen molar-refractivity contribution in [2.24, 2.45) is 5.73 Å². The molecule has 2 nitrogen and oxygen atoms in total. The van der Waals surface area contributed by atoms with Crippen molar-refractivity contribution in [3.63, 3.8) is 0 Å². The lowest BCUT2D eigenvalue weighted by molar-refractivity contribution is 0.383. The maximum atomic E-state index is 13.6. The second-order valence-electron chi connectivity index (χ2n) is 3.30. The van der Waals surface area contributed by atoms with E-state index in [0.29, 0.717) is 5.56 Å². The van der Waals surface area contributed by atoms with Crippen molar-refractivity contribution in [1.29, 1.82) is 0 Å². The van der Waals surface area contributed by atoms with Gasteiger partial charge in [0.05, 0.1) is 7.11 Å². The molecule has 0 radical (unpaired) electrons. The third kappa shape index (κ3) is 1.20. The van der Waals surface area contributed by atoms with E-state index < -0.39 is 0 Å². The fourth-order valence-electron chi connectivity index (χ4n) is 1.84. The van der Waals surface area contributed by atoms with Gasteiger partial charge in [-0.25, -0.2) is 4.39 Å². The van der Waals surface area contributed by atoms with E-state index in [4.69, 9.17) is 10.5 Å². The zero-order valence-corrected chi connectivity index (χ0v) is 7.51. The maximum absolute atomic E-state index is 13.6. The highest BCUT2D eigenvalue weighted by Crippen LogP contribution is 2.35. The lowest BCUT2D eigenvalue weighted by Gasteiger charge is -2.09. The van der Waals surface area contributed by atoms with Crippen LogP contribution >= 0.6 is 0 Å². The van der Waals surface area contributed by atoms with Crippen molar-refractivity contribution < 1.29 is 9.13 Å². The summed E-state index contributed by atoms with van der Waals surface area (Å²) in [7, 11) is 1.46. The Morgan fingerprint density at radius 2 is 2.31 bits per heavy atom. The van der Waals surface area contributed by atoms with Gasteiger partial charge in [0.25, 0.3) is 0 Å². The Bertz CT molecular complexity index is 338. The van der Waals surface area contributed by atoms with Gasteiger partial charge < -0.3 is 10.5 Å². The minimum Gasteiger partial charge on any atom is -0.494 e. The number of hydrogen-bond donors (Lipinski definition) is 1. The molecule has 1 aliphatic carbocycles. The largest absolute Gasteiger partial charge is 0.494 e. The highest BCUT2D eigenvalue weighted by molar-refractivity contribution is 5.42. The van der Waals surface area contributed by atoms with E-state index in [-0.39, 0.29) is 17.6 Å². The van der Waals surface area contributed by atoms with Crippen LogP contribution in [0.2, 0.25) is 0 Å². The molecule has 1 aromatic rings. The third-order valence-electron chi connectivity index (χ3n) is 2.55. The van der Waals surface area contributed by atoms with Crippen LogP contribution in [0.4, 0.5) is 4.39 Å². The van der Waals surface area contributed by atoms with Crippen LogP contribution in [0.5, 0.6) is 5.75 Å². The first kappa shape index (κ1) is 8.51. The van der Waals surface area contributed by atoms with Crippen LogP contribution in [-0.4, -0.2) is 7.11 Å². The monoisotopic (exact) mass is 181 g/mol. The van der Waals surface area contributed by atoms with Crippen molar-refractivity contribution in [2.45, 2.75) is 18.9 Å². The molecule has 0 spiro atoms. The Balaban J connectivity index is 2.56. The molecule has 0 amide bonds. The summed E-state index contributed by atoms with van der Waals surface area (Å²) in [6.45, 7) is 0. The zero-order valence-electron chi connectivity index (χ0n) is 7.51. The quantitative estimate of drug-likeness (QED) is 0.716. The van der Waals surface area contributed by atoms with Crippen LogP contribution in [0.1, 0.15) is 23.6 Å². The lowest BCUT2D eigenvalue weighted by atomic mass is 10.1. The molecular weight excluding hydrogens is 169 g/mol. The van der Waals surface area contributed by atoms with Crippen molar-refractivity contribution >= 4 is 0 Å². The summed E-state index contributed by atoms with van der Waals surface area (Å²) in [5, 5.41) is 0. The van der Waals surface area contributed by atoms with E-state index in [2.05, 4.69) is 0 Å². The van der Waals surface area contributed by atoms with E-state index in [1.807, 2.05) is 6.07 Å². The third-order valence-corrected chi connectivity index (χ3v) is 2.55. The number of benzene rings is 1. The first-order valence-electron chi connectivity index (χ1n) is 4.35. The first-order valence-corrected chi connectivity index (χ1v) is 4.35. The van der Waals surface area contributed by atoms with Gasteiger partial charge in [0.2, 0.25) is 0 Å². The maximum Gasteiger partial charge on any atom is 0.170 e. The van der Waals surface area contributed by atoms with Crippen molar-refractivity contribution in [3.8, 4) is 5.75 Å². The number of hydrogen-bond acceptors (Lipinski definition) is 2.